The first-order chi connectivity index (χ1) is 17.3. The van der Waals surface area contributed by atoms with Crippen LogP contribution in [0.15, 0.2) is 30.5 Å². The van der Waals surface area contributed by atoms with Crippen molar-refractivity contribution in [1.29, 1.82) is 0 Å². The fourth-order valence-corrected chi connectivity index (χ4v) is 4.11. The Morgan fingerprint density at radius 3 is 2.42 bits per heavy atom. The average Bonchev–Trinajstić information content (AvgIpc) is 3.26. The molecule has 2 rings (SSSR count). The third-order valence-electron chi connectivity index (χ3n) is 6.42. The highest BCUT2D eigenvalue weighted by Gasteiger charge is 2.26. The molecule has 0 radical (unpaired) electrons. The van der Waals surface area contributed by atoms with E-state index in [-0.39, 0.29) is 31.0 Å². The van der Waals surface area contributed by atoms with Gasteiger partial charge in [-0.2, -0.15) is 0 Å². The number of unbranched alkanes of at least 4 members (excludes halogenated alkanes) is 4. The van der Waals surface area contributed by atoms with Crippen LogP contribution >= 0.6 is 0 Å². The molecule has 0 aliphatic carbocycles. The number of ketones is 1. The number of fused-ring (bicyclic) bond motifs is 1. The van der Waals surface area contributed by atoms with E-state index in [9.17, 15) is 14.4 Å². The van der Waals surface area contributed by atoms with Crippen molar-refractivity contribution < 1.29 is 23.9 Å². The monoisotopic (exact) mass is 500 g/mol. The lowest BCUT2D eigenvalue weighted by Gasteiger charge is -2.16. The number of para-hydroxylation sites is 1. The smallest absolute Gasteiger partial charge is 0.322 e. The molecule has 36 heavy (non-hydrogen) atoms. The highest BCUT2D eigenvalue weighted by atomic mass is 16.5. The molecule has 2 aromatic rings. The fourth-order valence-electron chi connectivity index (χ4n) is 4.11. The summed E-state index contributed by atoms with van der Waals surface area (Å²) in [5.41, 5.74) is 7.91. The molecular weight excluding hydrogens is 456 g/mol. The molecule has 0 saturated carbocycles. The van der Waals surface area contributed by atoms with Crippen molar-refractivity contribution in [2.45, 2.75) is 91.0 Å². The van der Waals surface area contributed by atoms with Crippen LogP contribution < -0.4 is 5.73 Å². The maximum Gasteiger partial charge on any atom is 0.322 e. The van der Waals surface area contributed by atoms with E-state index in [1.807, 2.05) is 30.5 Å². The van der Waals surface area contributed by atoms with E-state index in [2.05, 4.69) is 25.8 Å². The largest absolute Gasteiger partial charge is 0.465 e. The summed E-state index contributed by atoms with van der Waals surface area (Å²) < 4.78 is 10.8. The van der Waals surface area contributed by atoms with Gasteiger partial charge in [0, 0.05) is 29.9 Å². The first-order valence-corrected chi connectivity index (χ1v) is 13.5. The van der Waals surface area contributed by atoms with Gasteiger partial charge in [0.15, 0.2) is 0 Å². The van der Waals surface area contributed by atoms with Crippen LogP contribution in [-0.2, 0) is 30.3 Å². The number of hydrogen-bond acceptors (Lipinski definition) is 6. The van der Waals surface area contributed by atoms with Crippen molar-refractivity contribution in [3.05, 3.63) is 36.0 Å². The van der Waals surface area contributed by atoms with E-state index in [1.165, 1.54) is 6.42 Å². The first-order valence-electron chi connectivity index (χ1n) is 13.5. The summed E-state index contributed by atoms with van der Waals surface area (Å²) in [7, 11) is 0. The summed E-state index contributed by atoms with van der Waals surface area (Å²) in [6.07, 6.45) is 8.78. The molecule has 1 aromatic heterocycles. The fraction of sp³-hybridized carbons (Fsp3) is 0.621. The van der Waals surface area contributed by atoms with Crippen LogP contribution in [0.1, 0.15) is 84.1 Å². The van der Waals surface area contributed by atoms with Crippen LogP contribution in [0.4, 0.5) is 0 Å². The van der Waals surface area contributed by atoms with Crippen LogP contribution in [0.3, 0.4) is 0 Å². The van der Waals surface area contributed by atoms with Crippen LogP contribution in [-0.4, -0.2) is 42.0 Å². The molecule has 7 heteroatoms. The highest BCUT2D eigenvalue weighted by Crippen LogP contribution is 2.24. The summed E-state index contributed by atoms with van der Waals surface area (Å²) in [6.45, 7) is 6.96. The normalized spacial score (nSPS) is 13.0. The van der Waals surface area contributed by atoms with E-state index in [0.29, 0.717) is 25.6 Å². The van der Waals surface area contributed by atoms with Crippen molar-refractivity contribution in [1.82, 2.24) is 4.98 Å². The van der Waals surface area contributed by atoms with Gasteiger partial charge in [-0.3, -0.25) is 14.4 Å². The second-order valence-corrected chi connectivity index (χ2v) is 10.1. The molecule has 0 amide bonds. The van der Waals surface area contributed by atoms with E-state index in [4.69, 9.17) is 15.2 Å². The van der Waals surface area contributed by atoms with Gasteiger partial charge in [-0.15, -0.1) is 0 Å². The average molecular weight is 501 g/mol. The minimum absolute atomic E-state index is 0.0588. The summed E-state index contributed by atoms with van der Waals surface area (Å²) in [4.78, 5) is 41.1. The van der Waals surface area contributed by atoms with Gasteiger partial charge in [0.2, 0.25) is 0 Å². The Balaban J connectivity index is 1.93. The number of aromatic amines is 1. The van der Waals surface area contributed by atoms with E-state index >= 15 is 0 Å². The van der Waals surface area contributed by atoms with Crippen molar-refractivity contribution in [2.24, 2.45) is 17.6 Å². The predicted molar refractivity (Wildman–Crippen MR) is 142 cm³/mol. The molecule has 2 atom stereocenters. The Labute approximate surface area is 215 Å². The van der Waals surface area contributed by atoms with Gasteiger partial charge in [-0.1, -0.05) is 64.7 Å². The minimum atomic E-state index is -0.844. The number of nitrogens with one attached hydrogen (secondary N) is 1. The highest BCUT2D eigenvalue weighted by molar-refractivity contribution is 5.87. The maximum absolute atomic E-state index is 13.0. The van der Waals surface area contributed by atoms with Crippen LogP contribution in [0.25, 0.3) is 10.9 Å². The molecule has 0 fully saturated rings. The lowest BCUT2D eigenvalue weighted by Crippen LogP contribution is -2.33. The summed E-state index contributed by atoms with van der Waals surface area (Å²) >= 11 is 0. The second-order valence-electron chi connectivity index (χ2n) is 10.1. The van der Waals surface area contributed by atoms with Crippen molar-refractivity contribution in [2.75, 3.05) is 13.2 Å². The second kappa shape index (κ2) is 16.1. The van der Waals surface area contributed by atoms with Gasteiger partial charge in [0.1, 0.15) is 11.8 Å². The molecule has 7 nitrogen and oxygen atoms in total. The summed E-state index contributed by atoms with van der Waals surface area (Å²) in [6, 6.07) is 7.05. The molecule has 1 heterocycles. The number of carbonyl (C=O) groups is 3. The van der Waals surface area contributed by atoms with Crippen LogP contribution in [0.2, 0.25) is 0 Å². The number of hydrogen-bond donors (Lipinski definition) is 2. The number of Topliss-reactive ketones (excluding diaryl/α,β-unsaturated/α-hetero) is 1. The first kappa shape index (κ1) is 29.6. The van der Waals surface area contributed by atoms with Gasteiger partial charge in [0.05, 0.1) is 19.1 Å². The summed E-state index contributed by atoms with van der Waals surface area (Å²) in [5.74, 6) is -1.09. The minimum Gasteiger partial charge on any atom is -0.465 e. The Morgan fingerprint density at radius 2 is 1.67 bits per heavy atom. The van der Waals surface area contributed by atoms with Crippen molar-refractivity contribution in [3.8, 4) is 0 Å². The summed E-state index contributed by atoms with van der Waals surface area (Å²) in [5, 5.41) is 1.04. The number of benzene rings is 1. The van der Waals surface area contributed by atoms with E-state index < -0.39 is 17.9 Å². The van der Waals surface area contributed by atoms with E-state index in [1.54, 1.807) is 0 Å². The molecule has 0 saturated heterocycles. The Morgan fingerprint density at radius 1 is 0.944 bits per heavy atom. The van der Waals surface area contributed by atoms with E-state index in [0.717, 1.165) is 48.6 Å². The predicted octanol–water partition coefficient (Wildman–Crippen LogP) is 5.50. The van der Waals surface area contributed by atoms with Gasteiger partial charge < -0.3 is 20.2 Å². The Kier molecular flexibility index (Phi) is 13.3. The molecular formula is C29H44N2O5. The zero-order valence-electron chi connectivity index (χ0n) is 22.2. The van der Waals surface area contributed by atoms with Gasteiger partial charge in [-0.25, -0.2) is 0 Å². The van der Waals surface area contributed by atoms with Gasteiger partial charge >= 0.3 is 11.9 Å². The number of ether oxygens (including phenoxy) is 2. The van der Waals surface area contributed by atoms with Crippen LogP contribution in [0.5, 0.6) is 0 Å². The third-order valence-corrected chi connectivity index (χ3v) is 6.42. The maximum atomic E-state index is 13.0. The molecule has 0 spiro atoms. The molecule has 3 N–H and O–H groups in total. The molecule has 0 aliphatic heterocycles. The lowest BCUT2D eigenvalue weighted by atomic mass is 9.92. The topological polar surface area (TPSA) is 111 Å². The van der Waals surface area contributed by atoms with Crippen molar-refractivity contribution >= 4 is 28.6 Å². The lowest BCUT2D eigenvalue weighted by molar-refractivity contribution is -0.150. The molecule has 0 aliphatic rings. The Bertz CT molecular complexity index is 952. The number of esters is 2. The molecule has 200 valence electrons. The Hall–Kier alpha value is -2.67. The molecule has 0 bridgehead atoms. The number of nitrogens with two attached hydrogens (primary N) is 1. The van der Waals surface area contributed by atoms with Gasteiger partial charge in [-0.05, 0) is 43.2 Å². The number of H-pyrrole nitrogens is 1. The van der Waals surface area contributed by atoms with Crippen molar-refractivity contribution in [3.63, 3.8) is 0 Å². The molecule has 1 aromatic carbocycles. The van der Waals surface area contributed by atoms with Gasteiger partial charge in [0.25, 0.3) is 0 Å². The number of aromatic nitrogens is 1. The molecule has 0 unspecified atom stereocenters. The number of carbonyl (C=O) groups excluding carboxylic acids is 3. The zero-order valence-corrected chi connectivity index (χ0v) is 22.2. The standard InChI is InChI=1S/C29H44N2O5/c1-4-5-6-7-10-16-35-28(33)22(18-23-20-31-27-12-9-8-11-25(23)27)19-24(32)13-14-26(30)29(34)36-17-15-21(2)3/h8-9,11-12,20-22,26,31H,4-7,10,13-19,30H2,1-3H3/t22-,26+/m0/s1. The SMILES string of the molecule is CCCCCCCOC(=O)[C@H](CC(=O)CC[C@@H](N)C(=O)OCCC(C)C)Cc1c[nH]c2ccccc12. The van der Waals surface area contributed by atoms with Crippen LogP contribution in [0, 0.1) is 11.8 Å². The zero-order chi connectivity index (χ0) is 26.3. The third kappa shape index (κ3) is 10.5. The number of rotatable bonds is 18. The quantitative estimate of drug-likeness (QED) is 0.207.